The fourth-order valence-electron chi connectivity index (χ4n) is 2.43. The summed E-state index contributed by atoms with van der Waals surface area (Å²) in [5.41, 5.74) is 2.22. The Bertz CT molecular complexity index is 778. The lowest BCUT2D eigenvalue weighted by atomic mass is 10.2. The van der Waals surface area contributed by atoms with Crippen molar-refractivity contribution in [3.05, 3.63) is 46.5 Å². The van der Waals surface area contributed by atoms with Crippen LogP contribution in [0.15, 0.2) is 24.3 Å². The number of halogens is 2. The first-order chi connectivity index (χ1) is 12.4. The highest BCUT2D eigenvalue weighted by Gasteiger charge is 2.13. The molecule has 1 aromatic heterocycles. The summed E-state index contributed by atoms with van der Waals surface area (Å²) in [5, 5.41) is 9.63. The zero-order valence-electron chi connectivity index (χ0n) is 14.8. The molecule has 2 aromatic rings. The summed E-state index contributed by atoms with van der Waals surface area (Å²) in [6.07, 6.45) is 2.00. The molecule has 0 aliphatic rings. The minimum Gasteiger partial charge on any atom is -0.340 e. The lowest BCUT2D eigenvalue weighted by molar-refractivity contribution is -0.132. The Morgan fingerprint density at radius 3 is 2.77 bits per heavy atom. The summed E-state index contributed by atoms with van der Waals surface area (Å²) in [4.78, 5) is 25.7. The van der Waals surface area contributed by atoms with Crippen LogP contribution in [0, 0.1) is 5.82 Å². The molecule has 6 nitrogen and oxygen atoms in total. The van der Waals surface area contributed by atoms with E-state index in [1.165, 1.54) is 18.2 Å². The van der Waals surface area contributed by atoms with Gasteiger partial charge in [0.1, 0.15) is 5.82 Å². The normalized spacial score (nSPS) is 10.6. The number of aryl methyl sites for hydroxylation is 1. The second-order valence-electron chi connectivity index (χ2n) is 6.06. The number of H-pyrrole nitrogens is 1. The third-order valence-corrected chi connectivity index (χ3v) is 4.08. The van der Waals surface area contributed by atoms with Crippen molar-refractivity contribution in [1.82, 2.24) is 15.1 Å². The largest absolute Gasteiger partial charge is 0.340 e. The van der Waals surface area contributed by atoms with Gasteiger partial charge < -0.3 is 10.2 Å². The number of benzene rings is 1. The molecule has 8 heteroatoms. The van der Waals surface area contributed by atoms with Gasteiger partial charge in [0.2, 0.25) is 11.8 Å². The summed E-state index contributed by atoms with van der Waals surface area (Å²) < 4.78 is 13.1. The van der Waals surface area contributed by atoms with E-state index in [2.05, 4.69) is 22.4 Å². The highest BCUT2D eigenvalue weighted by Crippen LogP contribution is 2.19. The zero-order valence-corrected chi connectivity index (χ0v) is 15.6. The Hall–Kier alpha value is -2.41. The highest BCUT2D eigenvalue weighted by atomic mass is 35.5. The third-order valence-electron chi connectivity index (χ3n) is 3.79. The number of aromatic nitrogens is 2. The highest BCUT2D eigenvalue weighted by molar-refractivity contribution is 6.31. The van der Waals surface area contributed by atoms with E-state index in [0.29, 0.717) is 12.2 Å². The van der Waals surface area contributed by atoms with Gasteiger partial charge in [0.05, 0.1) is 23.0 Å². The average Bonchev–Trinajstić information content (AvgIpc) is 3.03. The summed E-state index contributed by atoms with van der Waals surface area (Å²) in [6.45, 7) is 2.49. The predicted molar refractivity (Wildman–Crippen MR) is 98.3 cm³/mol. The molecule has 0 radical (unpaired) electrons. The van der Waals surface area contributed by atoms with Crippen molar-refractivity contribution in [3.63, 3.8) is 0 Å². The first-order valence-electron chi connectivity index (χ1n) is 8.41. The number of carbonyl (C=O) groups is 2. The minimum atomic E-state index is -0.553. The maximum Gasteiger partial charge on any atom is 0.224 e. The van der Waals surface area contributed by atoms with Crippen molar-refractivity contribution >= 4 is 29.1 Å². The number of rotatable bonds is 8. The van der Waals surface area contributed by atoms with Crippen molar-refractivity contribution in [3.8, 4) is 0 Å². The van der Waals surface area contributed by atoms with Gasteiger partial charge in [-0.25, -0.2) is 4.39 Å². The topological polar surface area (TPSA) is 78.1 Å². The van der Waals surface area contributed by atoms with E-state index < -0.39 is 5.82 Å². The molecule has 0 spiro atoms. The summed E-state index contributed by atoms with van der Waals surface area (Å²) >= 11 is 5.67. The van der Waals surface area contributed by atoms with Gasteiger partial charge in [-0.15, -0.1) is 0 Å². The second kappa shape index (κ2) is 9.33. The fraction of sp³-hybridized carbons (Fsp3) is 0.389. The van der Waals surface area contributed by atoms with Gasteiger partial charge in [-0.1, -0.05) is 24.9 Å². The van der Waals surface area contributed by atoms with Crippen LogP contribution in [0.2, 0.25) is 5.02 Å². The standard InChI is InChI=1S/C18H22ClFN4O2/c1-3-4-13-9-14(23-22-13)11-24(2)18(26)8-7-17(25)21-12-5-6-16(20)15(19)10-12/h5-6,9-10H,3-4,7-8,11H2,1-2H3,(H,21,25)(H,22,23). The third kappa shape index (κ3) is 5.84. The van der Waals surface area contributed by atoms with Crippen LogP contribution in [0.5, 0.6) is 0 Å². The van der Waals surface area contributed by atoms with Crippen LogP contribution >= 0.6 is 11.6 Å². The van der Waals surface area contributed by atoms with Crippen LogP contribution in [-0.4, -0.2) is 34.0 Å². The quantitative estimate of drug-likeness (QED) is 0.735. The van der Waals surface area contributed by atoms with Crippen molar-refractivity contribution in [2.24, 2.45) is 0 Å². The average molecular weight is 381 g/mol. The van der Waals surface area contributed by atoms with Gasteiger partial charge in [-0.05, 0) is 30.7 Å². The minimum absolute atomic E-state index is 0.0300. The van der Waals surface area contributed by atoms with E-state index >= 15 is 0 Å². The van der Waals surface area contributed by atoms with E-state index in [4.69, 9.17) is 11.6 Å². The molecular weight excluding hydrogens is 359 g/mol. The Morgan fingerprint density at radius 2 is 2.08 bits per heavy atom. The second-order valence-corrected chi connectivity index (χ2v) is 6.47. The van der Waals surface area contributed by atoms with Crippen LogP contribution in [-0.2, 0) is 22.6 Å². The number of nitrogens with zero attached hydrogens (tertiary/aromatic N) is 2. The van der Waals surface area contributed by atoms with E-state index in [1.807, 2.05) is 6.07 Å². The summed E-state index contributed by atoms with van der Waals surface area (Å²) in [5.74, 6) is -1.03. The van der Waals surface area contributed by atoms with Crippen molar-refractivity contribution in [2.75, 3.05) is 12.4 Å². The molecule has 2 rings (SSSR count). The number of aromatic amines is 1. The molecule has 0 aliphatic carbocycles. The fourth-order valence-corrected chi connectivity index (χ4v) is 2.61. The molecule has 1 aromatic carbocycles. The van der Waals surface area contributed by atoms with Crippen LogP contribution in [0.1, 0.15) is 37.6 Å². The molecular formula is C18H22ClFN4O2. The van der Waals surface area contributed by atoms with Crippen LogP contribution in [0.25, 0.3) is 0 Å². The lowest BCUT2D eigenvalue weighted by Crippen LogP contribution is -2.27. The zero-order chi connectivity index (χ0) is 19.1. The Kier molecular flexibility index (Phi) is 7.15. The molecule has 0 atom stereocenters. The van der Waals surface area contributed by atoms with E-state index in [0.717, 1.165) is 24.2 Å². The number of carbonyl (C=O) groups excluding carboxylic acids is 2. The maximum atomic E-state index is 13.1. The molecule has 0 saturated carbocycles. The van der Waals surface area contributed by atoms with E-state index in [1.54, 1.807) is 11.9 Å². The molecule has 0 fully saturated rings. The number of amides is 2. The van der Waals surface area contributed by atoms with Crippen molar-refractivity contribution in [2.45, 2.75) is 39.2 Å². The van der Waals surface area contributed by atoms with Gasteiger partial charge in [0, 0.05) is 25.6 Å². The Balaban J connectivity index is 1.78. The Morgan fingerprint density at radius 1 is 1.31 bits per heavy atom. The maximum absolute atomic E-state index is 13.1. The SMILES string of the molecule is CCCc1cc(CN(C)C(=O)CCC(=O)Nc2ccc(F)c(Cl)c2)[nH]n1. The van der Waals surface area contributed by atoms with Crippen molar-refractivity contribution in [1.29, 1.82) is 0 Å². The number of nitrogens with one attached hydrogen (secondary N) is 2. The van der Waals surface area contributed by atoms with Crippen LogP contribution < -0.4 is 5.32 Å². The monoisotopic (exact) mass is 380 g/mol. The van der Waals surface area contributed by atoms with E-state index in [9.17, 15) is 14.0 Å². The Labute approximate surface area is 156 Å². The smallest absolute Gasteiger partial charge is 0.224 e. The van der Waals surface area contributed by atoms with Gasteiger partial charge in [-0.3, -0.25) is 14.7 Å². The summed E-state index contributed by atoms with van der Waals surface area (Å²) in [6, 6.07) is 5.86. The molecule has 26 heavy (non-hydrogen) atoms. The van der Waals surface area contributed by atoms with Gasteiger partial charge in [-0.2, -0.15) is 5.10 Å². The molecule has 2 amide bonds. The molecule has 0 aliphatic heterocycles. The number of hydrogen-bond donors (Lipinski definition) is 2. The number of hydrogen-bond acceptors (Lipinski definition) is 3. The van der Waals surface area contributed by atoms with Gasteiger partial charge in [0.15, 0.2) is 0 Å². The molecule has 1 heterocycles. The molecule has 0 unspecified atom stereocenters. The number of anilines is 1. The van der Waals surface area contributed by atoms with Gasteiger partial charge >= 0.3 is 0 Å². The van der Waals surface area contributed by atoms with E-state index in [-0.39, 0.29) is 29.7 Å². The molecule has 2 N–H and O–H groups in total. The first kappa shape index (κ1) is 19.9. The molecule has 140 valence electrons. The van der Waals surface area contributed by atoms with Crippen LogP contribution in [0.3, 0.4) is 0 Å². The summed E-state index contributed by atoms with van der Waals surface area (Å²) in [7, 11) is 1.68. The van der Waals surface area contributed by atoms with Crippen LogP contribution in [0.4, 0.5) is 10.1 Å². The first-order valence-corrected chi connectivity index (χ1v) is 8.79. The van der Waals surface area contributed by atoms with Gasteiger partial charge in [0.25, 0.3) is 0 Å². The van der Waals surface area contributed by atoms with Crippen molar-refractivity contribution < 1.29 is 14.0 Å². The lowest BCUT2D eigenvalue weighted by Gasteiger charge is -2.16. The molecule has 0 bridgehead atoms. The molecule has 0 saturated heterocycles. The predicted octanol–water partition coefficient (Wildman–Crippen LogP) is 3.53.